The van der Waals surface area contributed by atoms with Gasteiger partial charge in [-0.2, -0.15) is 10.2 Å². The summed E-state index contributed by atoms with van der Waals surface area (Å²) >= 11 is 1.58. The molecule has 1 aromatic carbocycles. The van der Waals surface area contributed by atoms with Gasteiger partial charge in [0.2, 0.25) is 0 Å². The molecule has 0 fully saturated rings. The fourth-order valence-electron chi connectivity index (χ4n) is 2.66. The van der Waals surface area contributed by atoms with E-state index in [1.165, 1.54) is 0 Å². The number of amides is 1. The average molecular weight is 398 g/mol. The van der Waals surface area contributed by atoms with Crippen LogP contribution in [0.5, 0.6) is 0 Å². The van der Waals surface area contributed by atoms with Crippen LogP contribution in [0.1, 0.15) is 45.0 Å². The van der Waals surface area contributed by atoms with Crippen molar-refractivity contribution in [1.82, 2.24) is 20.5 Å². The Hall–Kier alpha value is -3.13. The van der Waals surface area contributed by atoms with Gasteiger partial charge in [0.25, 0.3) is 12.4 Å². The van der Waals surface area contributed by atoms with Crippen LogP contribution in [0, 0.1) is 20.8 Å². The van der Waals surface area contributed by atoms with Crippen molar-refractivity contribution in [2.45, 2.75) is 33.7 Å². The number of carboxylic acid groups (broad SMARTS) is 1. The van der Waals surface area contributed by atoms with Crippen LogP contribution in [0.4, 0.5) is 0 Å². The molecule has 0 spiro atoms. The number of aryl methyl sites for hydroxylation is 2. The summed E-state index contributed by atoms with van der Waals surface area (Å²) in [5, 5.41) is 18.1. The number of carbonyl (C=O) groups excluding carboxylic acids is 1. The minimum atomic E-state index is -0.250. The number of thiazole rings is 1. The smallest absolute Gasteiger partial charge is 0.290 e. The van der Waals surface area contributed by atoms with Gasteiger partial charge in [-0.1, -0.05) is 12.1 Å². The normalized spacial score (nSPS) is 11.1. The summed E-state index contributed by atoms with van der Waals surface area (Å²) in [6, 6.07) is 7.32. The Morgan fingerprint density at radius 2 is 1.86 bits per heavy atom. The maximum Gasteiger partial charge on any atom is 0.290 e. The second-order valence-electron chi connectivity index (χ2n) is 6.17. The molecule has 7 nitrogen and oxygen atoms in total. The minimum Gasteiger partial charge on any atom is -0.483 e. The van der Waals surface area contributed by atoms with E-state index < -0.39 is 0 Å². The molecule has 2 N–H and O–H groups in total. The van der Waals surface area contributed by atoms with Gasteiger partial charge in [-0.15, -0.1) is 11.3 Å². The lowest BCUT2D eigenvalue weighted by atomic mass is 10.0. The van der Waals surface area contributed by atoms with Gasteiger partial charge < -0.3 is 10.4 Å². The topological polar surface area (TPSA) is 105 Å². The Morgan fingerprint density at radius 1 is 1.21 bits per heavy atom. The van der Waals surface area contributed by atoms with E-state index in [0.29, 0.717) is 5.56 Å². The van der Waals surface area contributed by atoms with Gasteiger partial charge in [0.15, 0.2) is 0 Å². The molecule has 0 saturated carbocycles. The van der Waals surface area contributed by atoms with Crippen molar-refractivity contribution in [3.63, 3.8) is 0 Å². The van der Waals surface area contributed by atoms with E-state index in [9.17, 15) is 4.79 Å². The maximum absolute atomic E-state index is 12.5. The van der Waals surface area contributed by atoms with Crippen molar-refractivity contribution in [3.05, 3.63) is 63.2 Å². The van der Waals surface area contributed by atoms with Gasteiger partial charge in [-0.25, -0.2) is 4.98 Å². The maximum atomic E-state index is 12.5. The first-order valence-electron chi connectivity index (χ1n) is 8.57. The van der Waals surface area contributed by atoms with E-state index in [1.54, 1.807) is 23.0 Å². The third kappa shape index (κ3) is 4.98. The predicted octanol–water partition coefficient (Wildman–Crippen LogP) is 3.72. The minimum absolute atomic E-state index is 0.113. The molecular formula is C20H22N4O3S. The average Bonchev–Trinajstić information content (AvgIpc) is 3.11. The first-order chi connectivity index (χ1) is 13.4. The summed E-state index contributed by atoms with van der Waals surface area (Å²) in [6.07, 6.45) is 1.75. The summed E-state index contributed by atoms with van der Waals surface area (Å²) in [7, 11) is 0. The number of nitrogens with zero attached hydrogens (tertiary/aromatic N) is 3. The number of aromatic nitrogens is 3. The van der Waals surface area contributed by atoms with E-state index in [1.807, 2.05) is 52.0 Å². The lowest BCUT2D eigenvalue weighted by Crippen LogP contribution is -2.27. The van der Waals surface area contributed by atoms with E-state index in [0.717, 1.165) is 33.0 Å². The fourth-order valence-corrected chi connectivity index (χ4v) is 3.34. The Bertz CT molecular complexity index is 954. The van der Waals surface area contributed by atoms with Crippen LogP contribution < -0.4 is 5.32 Å². The van der Waals surface area contributed by atoms with Crippen molar-refractivity contribution in [1.29, 1.82) is 0 Å². The van der Waals surface area contributed by atoms with Crippen molar-refractivity contribution >= 4 is 23.7 Å². The second kappa shape index (κ2) is 9.70. The number of hydrogen-bond acceptors (Lipinski definition) is 6. The van der Waals surface area contributed by atoms with E-state index in [4.69, 9.17) is 9.90 Å². The van der Waals surface area contributed by atoms with Gasteiger partial charge >= 0.3 is 0 Å². The van der Waals surface area contributed by atoms with Crippen molar-refractivity contribution < 1.29 is 14.7 Å². The zero-order valence-corrected chi connectivity index (χ0v) is 16.9. The van der Waals surface area contributed by atoms with E-state index in [2.05, 4.69) is 20.5 Å². The second-order valence-corrected chi connectivity index (χ2v) is 7.23. The third-order valence-electron chi connectivity index (χ3n) is 4.32. The van der Waals surface area contributed by atoms with Crippen LogP contribution in [0.3, 0.4) is 0 Å². The van der Waals surface area contributed by atoms with Gasteiger partial charge in [0.05, 0.1) is 29.1 Å². The summed E-state index contributed by atoms with van der Waals surface area (Å²) in [5.74, 6) is -0.113. The number of hydrogen-bond donors (Lipinski definition) is 2. The van der Waals surface area contributed by atoms with Gasteiger partial charge in [-0.3, -0.25) is 9.59 Å². The predicted molar refractivity (Wildman–Crippen MR) is 108 cm³/mol. The van der Waals surface area contributed by atoms with Crippen LogP contribution >= 0.6 is 11.3 Å². The zero-order valence-electron chi connectivity index (χ0n) is 16.1. The molecule has 0 aliphatic rings. The van der Waals surface area contributed by atoms with Crippen LogP contribution in [-0.2, 0) is 4.79 Å². The third-order valence-corrected chi connectivity index (χ3v) is 5.09. The largest absolute Gasteiger partial charge is 0.483 e. The molecule has 0 aliphatic carbocycles. The fraction of sp³-hybridized carbons (Fsp3) is 0.250. The number of rotatable bonds is 4. The van der Waals surface area contributed by atoms with Gasteiger partial charge in [0, 0.05) is 16.0 Å². The lowest BCUT2D eigenvalue weighted by Gasteiger charge is -2.13. The molecule has 0 saturated heterocycles. The number of nitrogens with one attached hydrogen (secondary N) is 1. The van der Waals surface area contributed by atoms with Crippen molar-refractivity contribution in [2.24, 2.45) is 0 Å². The van der Waals surface area contributed by atoms with E-state index in [-0.39, 0.29) is 18.4 Å². The molecule has 0 aliphatic heterocycles. The molecule has 146 valence electrons. The molecule has 3 aromatic rings. The molecule has 1 unspecified atom stereocenters. The SMILES string of the molecule is Cc1cnnc(-c2ccc(C(=O)NC(C)c3ncsc3C)cc2)c1C.O=CO. The lowest BCUT2D eigenvalue weighted by molar-refractivity contribution is -0.122. The molecule has 2 heterocycles. The molecule has 28 heavy (non-hydrogen) atoms. The Balaban J connectivity index is 0.000000878. The van der Waals surface area contributed by atoms with Crippen LogP contribution in [0.2, 0.25) is 0 Å². The molecule has 0 radical (unpaired) electrons. The van der Waals surface area contributed by atoms with Crippen LogP contribution in [0.15, 0.2) is 36.0 Å². The zero-order chi connectivity index (χ0) is 20.7. The molecule has 2 aromatic heterocycles. The molecule has 0 bridgehead atoms. The van der Waals surface area contributed by atoms with Crippen LogP contribution in [-0.4, -0.2) is 32.7 Å². The van der Waals surface area contributed by atoms with Crippen molar-refractivity contribution in [2.75, 3.05) is 0 Å². The Morgan fingerprint density at radius 3 is 2.43 bits per heavy atom. The molecule has 3 rings (SSSR count). The molecule has 1 amide bonds. The first-order valence-corrected chi connectivity index (χ1v) is 9.45. The standard InChI is InChI=1S/C19H20N4OS.CH2O2/c1-11-9-21-23-17(12(11)2)15-5-7-16(8-6-15)19(24)22-13(3)18-14(4)25-10-20-18;2-1-3/h5-10,13H,1-4H3,(H,22,24);1H,(H,2,3). The van der Waals surface area contributed by atoms with E-state index >= 15 is 0 Å². The highest BCUT2D eigenvalue weighted by atomic mass is 32.1. The molecule has 8 heteroatoms. The quantitative estimate of drug-likeness (QED) is 0.649. The highest BCUT2D eigenvalue weighted by Crippen LogP contribution is 2.23. The summed E-state index contributed by atoms with van der Waals surface area (Å²) in [4.78, 5) is 26.3. The molecule has 1 atom stereocenters. The summed E-state index contributed by atoms with van der Waals surface area (Å²) in [6.45, 7) is 7.74. The Kier molecular flexibility index (Phi) is 7.34. The van der Waals surface area contributed by atoms with Gasteiger partial charge in [-0.05, 0) is 51.0 Å². The monoisotopic (exact) mass is 398 g/mol. The number of benzene rings is 1. The summed E-state index contributed by atoms with van der Waals surface area (Å²) < 4.78 is 0. The summed E-state index contributed by atoms with van der Waals surface area (Å²) in [5.41, 5.74) is 7.32. The highest BCUT2D eigenvalue weighted by molar-refractivity contribution is 7.09. The molecular weight excluding hydrogens is 376 g/mol. The number of carbonyl (C=O) groups is 2. The highest BCUT2D eigenvalue weighted by Gasteiger charge is 2.15. The Labute approximate surface area is 167 Å². The van der Waals surface area contributed by atoms with Crippen LogP contribution in [0.25, 0.3) is 11.3 Å². The van der Waals surface area contributed by atoms with Crippen molar-refractivity contribution in [3.8, 4) is 11.3 Å². The first kappa shape index (κ1) is 21.2. The van der Waals surface area contributed by atoms with Gasteiger partial charge in [0.1, 0.15) is 0 Å².